The van der Waals surface area contributed by atoms with Crippen LogP contribution in [0.15, 0.2) is 36.4 Å². The zero-order valence-electron chi connectivity index (χ0n) is 11.7. The number of benzene rings is 2. The maximum atomic E-state index is 13.7. The molecule has 2 rings (SSSR count). The molecule has 4 nitrogen and oxygen atoms in total. The molecule has 0 fully saturated rings. The van der Waals surface area contributed by atoms with Crippen molar-refractivity contribution >= 4 is 17.3 Å². The summed E-state index contributed by atoms with van der Waals surface area (Å²) in [6, 6.07) is 10.3. The van der Waals surface area contributed by atoms with Crippen molar-refractivity contribution in [2.45, 2.75) is 13.3 Å². The fraction of sp³-hybridized carbons (Fsp3) is 0.188. The van der Waals surface area contributed by atoms with Crippen LogP contribution in [0.2, 0.25) is 0 Å². The molecule has 0 radical (unpaired) electrons. The third-order valence-corrected chi connectivity index (χ3v) is 3.18. The molecule has 21 heavy (non-hydrogen) atoms. The molecule has 0 saturated carbocycles. The second-order valence-corrected chi connectivity index (χ2v) is 4.89. The Morgan fingerprint density at radius 1 is 1.33 bits per heavy atom. The highest BCUT2D eigenvalue weighted by Crippen LogP contribution is 2.22. The highest BCUT2D eigenvalue weighted by molar-refractivity contribution is 5.94. The van der Waals surface area contributed by atoms with Gasteiger partial charge in [0.15, 0.2) is 0 Å². The molecule has 0 bridgehead atoms. The van der Waals surface area contributed by atoms with Crippen molar-refractivity contribution < 1.29 is 14.3 Å². The molecule has 0 amide bonds. The average Bonchev–Trinajstić information content (AvgIpc) is 2.41. The largest absolute Gasteiger partial charge is 0.478 e. The number of nitrogen functional groups attached to an aromatic ring is 1. The van der Waals surface area contributed by atoms with E-state index in [1.807, 2.05) is 25.1 Å². The van der Waals surface area contributed by atoms with E-state index in [4.69, 9.17) is 10.8 Å². The Labute approximate surface area is 122 Å². The van der Waals surface area contributed by atoms with Crippen LogP contribution in [0.25, 0.3) is 0 Å². The molecule has 0 saturated heterocycles. The molecule has 0 unspecified atom stereocenters. The summed E-state index contributed by atoms with van der Waals surface area (Å²) in [6.07, 6.45) is 0.716. The summed E-state index contributed by atoms with van der Waals surface area (Å²) in [4.78, 5) is 11.0. The molecule has 0 spiro atoms. The van der Waals surface area contributed by atoms with Gasteiger partial charge in [0, 0.05) is 12.2 Å². The molecule has 0 aromatic heterocycles. The molecular weight excluding hydrogens is 271 g/mol. The fourth-order valence-corrected chi connectivity index (χ4v) is 2.12. The lowest BCUT2D eigenvalue weighted by molar-refractivity contribution is 0.0698. The van der Waals surface area contributed by atoms with Crippen LogP contribution in [0, 0.1) is 12.7 Å². The van der Waals surface area contributed by atoms with Crippen LogP contribution in [0.1, 0.15) is 21.5 Å². The number of aryl methyl sites for hydroxylation is 1. The Kier molecular flexibility index (Phi) is 4.42. The van der Waals surface area contributed by atoms with Gasteiger partial charge in [-0.2, -0.15) is 0 Å². The normalized spacial score (nSPS) is 10.4. The number of hydrogen-bond donors (Lipinski definition) is 3. The number of nitrogens with two attached hydrogens (primary N) is 1. The molecule has 110 valence electrons. The topological polar surface area (TPSA) is 75.3 Å². The van der Waals surface area contributed by atoms with Crippen molar-refractivity contribution in [2.75, 3.05) is 17.6 Å². The summed E-state index contributed by atoms with van der Waals surface area (Å²) < 4.78 is 13.7. The van der Waals surface area contributed by atoms with Crippen molar-refractivity contribution in [3.63, 3.8) is 0 Å². The first-order valence-corrected chi connectivity index (χ1v) is 6.59. The van der Waals surface area contributed by atoms with Crippen LogP contribution in [0.4, 0.5) is 15.8 Å². The van der Waals surface area contributed by atoms with Crippen LogP contribution < -0.4 is 11.1 Å². The number of hydrogen-bond acceptors (Lipinski definition) is 3. The number of carboxylic acids is 1. The average molecular weight is 288 g/mol. The Morgan fingerprint density at radius 2 is 2.10 bits per heavy atom. The van der Waals surface area contributed by atoms with Gasteiger partial charge in [-0.1, -0.05) is 29.8 Å². The third-order valence-electron chi connectivity index (χ3n) is 3.18. The summed E-state index contributed by atoms with van der Waals surface area (Å²) in [5.41, 5.74) is 7.75. The Bertz CT molecular complexity index is 671. The first-order valence-electron chi connectivity index (χ1n) is 6.59. The van der Waals surface area contributed by atoms with Crippen molar-refractivity contribution in [2.24, 2.45) is 0 Å². The number of anilines is 2. The van der Waals surface area contributed by atoms with Gasteiger partial charge in [-0.15, -0.1) is 0 Å². The van der Waals surface area contributed by atoms with E-state index in [1.165, 1.54) is 11.6 Å². The number of carbonyl (C=O) groups is 1. The van der Waals surface area contributed by atoms with Gasteiger partial charge >= 0.3 is 5.97 Å². The van der Waals surface area contributed by atoms with Crippen molar-refractivity contribution in [3.8, 4) is 0 Å². The van der Waals surface area contributed by atoms with Crippen LogP contribution >= 0.6 is 0 Å². The molecular formula is C16H17FN2O2. The number of halogens is 1. The summed E-state index contributed by atoms with van der Waals surface area (Å²) in [5, 5.41) is 11.9. The fourth-order valence-electron chi connectivity index (χ4n) is 2.12. The molecule has 0 aliphatic rings. The molecule has 0 heterocycles. The predicted octanol–water partition coefficient (Wildman–Crippen LogP) is 3.07. The smallest absolute Gasteiger partial charge is 0.337 e. The van der Waals surface area contributed by atoms with Gasteiger partial charge in [0.1, 0.15) is 5.82 Å². The van der Waals surface area contributed by atoms with Gasteiger partial charge in [-0.3, -0.25) is 0 Å². The number of carboxylic acid groups (broad SMARTS) is 1. The lowest BCUT2D eigenvalue weighted by Gasteiger charge is -2.10. The number of rotatable bonds is 5. The predicted molar refractivity (Wildman–Crippen MR) is 81.1 cm³/mol. The number of nitrogens with one attached hydrogen (secondary N) is 1. The van der Waals surface area contributed by atoms with E-state index in [0.717, 1.165) is 11.6 Å². The van der Waals surface area contributed by atoms with Crippen LogP contribution in [0.5, 0.6) is 0 Å². The highest BCUT2D eigenvalue weighted by atomic mass is 19.1. The Morgan fingerprint density at radius 3 is 2.76 bits per heavy atom. The van der Waals surface area contributed by atoms with Crippen LogP contribution in [-0.4, -0.2) is 17.6 Å². The minimum absolute atomic E-state index is 0.0794. The van der Waals surface area contributed by atoms with Gasteiger partial charge in [-0.25, -0.2) is 9.18 Å². The zero-order valence-corrected chi connectivity index (χ0v) is 11.7. The van der Waals surface area contributed by atoms with E-state index in [0.29, 0.717) is 13.0 Å². The number of aromatic carboxylic acids is 1. The van der Waals surface area contributed by atoms with Gasteiger partial charge in [0.2, 0.25) is 0 Å². The van der Waals surface area contributed by atoms with Crippen molar-refractivity contribution in [3.05, 3.63) is 58.9 Å². The molecule has 2 aromatic rings. The molecule has 0 aliphatic heterocycles. The first-order chi connectivity index (χ1) is 9.97. The summed E-state index contributed by atoms with van der Waals surface area (Å²) in [5.74, 6) is -1.73. The van der Waals surface area contributed by atoms with E-state index < -0.39 is 11.8 Å². The first kappa shape index (κ1) is 14.8. The summed E-state index contributed by atoms with van der Waals surface area (Å²) in [6.45, 7) is 2.51. The van der Waals surface area contributed by atoms with E-state index in [2.05, 4.69) is 11.4 Å². The van der Waals surface area contributed by atoms with Gasteiger partial charge in [0.05, 0.1) is 11.3 Å². The van der Waals surface area contributed by atoms with Gasteiger partial charge in [-0.05, 0) is 31.0 Å². The lowest BCUT2D eigenvalue weighted by atomic mass is 10.1. The van der Waals surface area contributed by atoms with Crippen LogP contribution in [0.3, 0.4) is 0 Å². The quantitative estimate of drug-likeness (QED) is 0.739. The highest BCUT2D eigenvalue weighted by Gasteiger charge is 2.12. The monoisotopic (exact) mass is 288 g/mol. The zero-order chi connectivity index (χ0) is 15.4. The second-order valence-electron chi connectivity index (χ2n) is 4.89. The van der Waals surface area contributed by atoms with E-state index in [9.17, 15) is 9.18 Å². The summed E-state index contributed by atoms with van der Waals surface area (Å²) in [7, 11) is 0. The molecule has 0 aliphatic carbocycles. The van der Waals surface area contributed by atoms with E-state index in [1.54, 1.807) is 0 Å². The molecule has 4 N–H and O–H groups in total. The standard InChI is InChI=1S/C16H17FN2O2/c1-10-3-2-4-11(7-10)5-6-19-15-8-12(16(20)21)14(18)9-13(15)17/h2-4,7-9,19H,5-6,18H2,1H3,(H,20,21). The Hall–Kier alpha value is -2.56. The maximum Gasteiger partial charge on any atom is 0.337 e. The minimum Gasteiger partial charge on any atom is -0.478 e. The van der Waals surface area contributed by atoms with E-state index in [-0.39, 0.29) is 16.9 Å². The van der Waals surface area contributed by atoms with Crippen molar-refractivity contribution in [1.29, 1.82) is 0 Å². The molecule has 5 heteroatoms. The Balaban J connectivity index is 2.06. The second kappa shape index (κ2) is 6.26. The maximum absolute atomic E-state index is 13.7. The van der Waals surface area contributed by atoms with E-state index >= 15 is 0 Å². The SMILES string of the molecule is Cc1cccc(CCNc2cc(C(=O)O)c(N)cc2F)c1. The van der Waals surface area contributed by atoms with Crippen molar-refractivity contribution in [1.82, 2.24) is 0 Å². The third kappa shape index (κ3) is 3.72. The van der Waals surface area contributed by atoms with Crippen LogP contribution in [-0.2, 0) is 6.42 Å². The summed E-state index contributed by atoms with van der Waals surface area (Å²) >= 11 is 0. The minimum atomic E-state index is -1.17. The lowest BCUT2D eigenvalue weighted by Crippen LogP contribution is -2.10. The molecule has 2 aromatic carbocycles. The molecule has 0 atom stereocenters. The van der Waals surface area contributed by atoms with Gasteiger partial charge < -0.3 is 16.2 Å². The van der Waals surface area contributed by atoms with Gasteiger partial charge in [0.25, 0.3) is 0 Å².